The summed E-state index contributed by atoms with van der Waals surface area (Å²) < 4.78 is 0. The molecule has 2 amide bonds. The van der Waals surface area contributed by atoms with Gasteiger partial charge in [0.2, 0.25) is 5.43 Å². The number of carbonyl (C=O) groups excluding carboxylic acids is 2. The van der Waals surface area contributed by atoms with Crippen molar-refractivity contribution in [1.82, 2.24) is 20.8 Å². The number of rotatable bonds is 2. The molecule has 1 aromatic carbocycles. The number of nitrogens with one attached hydrogen (secondary N) is 3. The number of aromatic nitrogens is 2. The maximum Gasteiger partial charge on any atom is 0.288 e. The second kappa shape index (κ2) is 6.51. The molecular weight excluding hydrogens is 332 g/mol. The molecule has 0 aliphatic rings. The molecule has 2 heterocycles. The van der Waals surface area contributed by atoms with Crippen LogP contribution in [0.25, 0.3) is 10.9 Å². The van der Waals surface area contributed by atoms with Crippen LogP contribution in [0.5, 0.6) is 0 Å². The first-order chi connectivity index (χ1) is 11.6. The summed E-state index contributed by atoms with van der Waals surface area (Å²) in [5.74, 6) is -1.34. The Morgan fingerprint density at radius 3 is 2.62 bits per heavy atom. The van der Waals surface area contributed by atoms with E-state index in [0.717, 1.165) is 0 Å². The van der Waals surface area contributed by atoms with Gasteiger partial charge in [-0.25, -0.2) is 0 Å². The number of carbonyl (C=O) groups is 2. The number of halogens is 1. The molecule has 0 aliphatic carbocycles. The predicted molar refractivity (Wildman–Crippen MR) is 88.7 cm³/mol. The summed E-state index contributed by atoms with van der Waals surface area (Å²) in [5, 5.41) is 0.667. The quantitative estimate of drug-likeness (QED) is 0.616. The number of hydrazine groups is 1. The first-order valence-electron chi connectivity index (χ1n) is 6.89. The first kappa shape index (κ1) is 15.7. The van der Waals surface area contributed by atoms with Gasteiger partial charge in [0.05, 0.1) is 0 Å². The fourth-order valence-electron chi connectivity index (χ4n) is 2.10. The van der Waals surface area contributed by atoms with E-state index in [1.807, 2.05) is 0 Å². The van der Waals surface area contributed by atoms with E-state index in [0.29, 0.717) is 10.5 Å². The number of hydrogen-bond donors (Lipinski definition) is 3. The van der Waals surface area contributed by atoms with Gasteiger partial charge in [-0.3, -0.25) is 30.2 Å². The van der Waals surface area contributed by atoms with E-state index >= 15 is 0 Å². The van der Waals surface area contributed by atoms with E-state index in [2.05, 4.69) is 20.8 Å². The fourth-order valence-corrected chi connectivity index (χ4v) is 2.27. The molecule has 0 unspecified atom stereocenters. The van der Waals surface area contributed by atoms with E-state index in [9.17, 15) is 14.4 Å². The maximum absolute atomic E-state index is 12.4. The van der Waals surface area contributed by atoms with E-state index in [-0.39, 0.29) is 16.6 Å². The third-order valence-corrected chi connectivity index (χ3v) is 3.51. The van der Waals surface area contributed by atoms with E-state index < -0.39 is 17.2 Å². The van der Waals surface area contributed by atoms with Crippen molar-refractivity contribution >= 4 is 34.3 Å². The molecule has 0 fully saturated rings. The molecule has 3 aromatic rings. The van der Waals surface area contributed by atoms with Gasteiger partial charge in [0, 0.05) is 28.3 Å². The number of aromatic amines is 1. The molecule has 0 saturated heterocycles. The Morgan fingerprint density at radius 1 is 1.08 bits per heavy atom. The minimum atomic E-state index is -0.748. The molecule has 8 heteroatoms. The number of fused-ring (bicyclic) bond motifs is 1. The van der Waals surface area contributed by atoms with Gasteiger partial charge in [-0.2, -0.15) is 0 Å². The van der Waals surface area contributed by atoms with Crippen LogP contribution in [0.4, 0.5) is 0 Å². The second-order valence-electron chi connectivity index (χ2n) is 4.84. The molecule has 7 nitrogen and oxygen atoms in total. The van der Waals surface area contributed by atoms with Crippen molar-refractivity contribution in [3.8, 4) is 0 Å². The van der Waals surface area contributed by atoms with Gasteiger partial charge in [-0.15, -0.1) is 0 Å². The summed E-state index contributed by atoms with van der Waals surface area (Å²) in [5.41, 5.74) is 4.44. The number of pyridine rings is 2. The lowest BCUT2D eigenvalue weighted by Gasteiger charge is -2.07. The number of H-pyrrole nitrogens is 1. The largest absolute Gasteiger partial charge is 0.360 e. The predicted octanol–water partition coefficient (Wildman–Crippen LogP) is 1.65. The van der Waals surface area contributed by atoms with Crippen LogP contribution >= 0.6 is 11.6 Å². The van der Waals surface area contributed by atoms with Crippen LogP contribution in [0.15, 0.2) is 53.6 Å². The number of nitrogens with zero attached hydrogens (tertiary/aromatic N) is 1. The zero-order chi connectivity index (χ0) is 17.1. The van der Waals surface area contributed by atoms with Crippen molar-refractivity contribution in [3.05, 3.63) is 75.3 Å². The molecule has 0 bridgehead atoms. The molecule has 24 heavy (non-hydrogen) atoms. The standard InChI is InChI=1S/C16H11ClN4O3/c17-9-4-5-12-10(7-9)14(22)11(8-19-12)15(23)20-21-16(24)13-3-1-2-6-18-13/h1-8H,(H,19,22)(H,20,23)(H,21,24). The minimum Gasteiger partial charge on any atom is -0.360 e. The Labute approximate surface area is 140 Å². The van der Waals surface area contributed by atoms with Gasteiger partial charge < -0.3 is 4.98 Å². The third-order valence-electron chi connectivity index (χ3n) is 3.27. The number of amides is 2. The highest BCUT2D eigenvalue weighted by molar-refractivity contribution is 6.31. The Hall–Kier alpha value is -3.19. The molecule has 2 aromatic heterocycles. The Bertz CT molecular complexity index is 986. The first-order valence-corrected chi connectivity index (χ1v) is 7.27. The van der Waals surface area contributed by atoms with Gasteiger partial charge >= 0.3 is 0 Å². The molecule has 0 radical (unpaired) electrons. The average molecular weight is 343 g/mol. The average Bonchev–Trinajstić information content (AvgIpc) is 2.61. The second-order valence-corrected chi connectivity index (χ2v) is 5.28. The topological polar surface area (TPSA) is 104 Å². The zero-order valence-electron chi connectivity index (χ0n) is 12.2. The normalized spacial score (nSPS) is 10.4. The summed E-state index contributed by atoms with van der Waals surface area (Å²) in [7, 11) is 0. The van der Waals surface area contributed by atoms with Gasteiger partial charge in [-0.1, -0.05) is 17.7 Å². The molecule has 0 atom stereocenters. The van der Waals surface area contributed by atoms with Crippen LogP contribution in [0.3, 0.4) is 0 Å². The van der Waals surface area contributed by atoms with Crippen molar-refractivity contribution in [2.75, 3.05) is 0 Å². The molecule has 3 N–H and O–H groups in total. The Balaban J connectivity index is 1.80. The van der Waals surface area contributed by atoms with Crippen molar-refractivity contribution in [3.63, 3.8) is 0 Å². The summed E-state index contributed by atoms with van der Waals surface area (Å²) in [6.07, 6.45) is 2.73. The minimum absolute atomic E-state index is 0.136. The number of benzene rings is 1. The smallest absolute Gasteiger partial charge is 0.288 e. The SMILES string of the molecule is O=C(NNC(=O)c1c[nH]c2ccc(Cl)cc2c1=O)c1ccccn1. The molecule has 120 valence electrons. The van der Waals surface area contributed by atoms with Crippen molar-refractivity contribution in [1.29, 1.82) is 0 Å². The van der Waals surface area contributed by atoms with Crippen LogP contribution in [0, 0.1) is 0 Å². The lowest BCUT2D eigenvalue weighted by atomic mass is 10.1. The van der Waals surface area contributed by atoms with Crippen molar-refractivity contribution in [2.45, 2.75) is 0 Å². The summed E-state index contributed by atoms with van der Waals surface area (Å²) >= 11 is 5.88. The maximum atomic E-state index is 12.4. The summed E-state index contributed by atoms with van der Waals surface area (Å²) in [6, 6.07) is 9.54. The van der Waals surface area contributed by atoms with E-state index in [1.165, 1.54) is 24.5 Å². The van der Waals surface area contributed by atoms with Gasteiger partial charge in [-0.05, 0) is 30.3 Å². The van der Waals surface area contributed by atoms with Crippen LogP contribution < -0.4 is 16.3 Å². The number of hydrogen-bond acceptors (Lipinski definition) is 4. The molecule has 0 spiro atoms. The highest BCUT2D eigenvalue weighted by Crippen LogP contribution is 2.14. The van der Waals surface area contributed by atoms with Crippen LogP contribution in [-0.4, -0.2) is 21.8 Å². The zero-order valence-corrected chi connectivity index (χ0v) is 12.9. The summed E-state index contributed by atoms with van der Waals surface area (Å²) in [4.78, 5) is 43.0. The van der Waals surface area contributed by atoms with E-state index in [1.54, 1.807) is 24.3 Å². The molecule has 0 saturated carbocycles. The highest BCUT2D eigenvalue weighted by atomic mass is 35.5. The lowest BCUT2D eigenvalue weighted by Crippen LogP contribution is -2.43. The Morgan fingerprint density at radius 2 is 1.88 bits per heavy atom. The van der Waals surface area contributed by atoms with E-state index in [4.69, 9.17) is 11.6 Å². The molecular formula is C16H11ClN4O3. The fraction of sp³-hybridized carbons (Fsp3) is 0. The third kappa shape index (κ3) is 3.11. The Kier molecular flexibility index (Phi) is 4.26. The van der Waals surface area contributed by atoms with Gasteiger partial charge in [0.1, 0.15) is 11.3 Å². The molecule has 3 rings (SSSR count). The van der Waals surface area contributed by atoms with Crippen LogP contribution in [0.1, 0.15) is 20.8 Å². The van der Waals surface area contributed by atoms with Gasteiger partial charge in [0.15, 0.2) is 0 Å². The van der Waals surface area contributed by atoms with Crippen molar-refractivity contribution in [2.24, 2.45) is 0 Å². The molecule has 0 aliphatic heterocycles. The van der Waals surface area contributed by atoms with Crippen LogP contribution in [0.2, 0.25) is 5.02 Å². The highest BCUT2D eigenvalue weighted by Gasteiger charge is 2.14. The lowest BCUT2D eigenvalue weighted by molar-refractivity contribution is 0.0843. The van der Waals surface area contributed by atoms with Gasteiger partial charge in [0.25, 0.3) is 11.8 Å². The van der Waals surface area contributed by atoms with Crippen LogP contribution in [-0.2, 0) is 0 Å². The monoisotopic (exact) mass is 342 g/mol. The van der Waals surface area contributed by atoms with Crippen molar-refractivity contribution < 1.29 is 9.59 Å². The summed E-state index contributed by atoms with van der Waals surface area (Å²) in [6.45, 7) is 0.